The first kappa shape index (κ1) is 24.3. The Kier molecular flexibility index (Phi) is 8.40. The molecule has 8 heteroatoms. The van der Waals surface area contributed by atoms with Crippen LogP contribution >= 0.6 is 11.8 Å². The summed E-state index contributed by atoms with van der Waals surface area (Å²) in [5.74, 6) is 2.15. The van der Waals surface area contributed by atoms with Gasteiger partial charge >= 0.3 is 0 Å². The van der Waals surface area contributed by atoms with Crippen molar-refractivity contribution in [3.05, 3.63) is 95.8 Å². The number of thioether (sulfide) groups is 1. The summed E-state index contributed by atoms with van der Waals surface area (Å²) in [5.41, 5.74) is 4.18. The van der Waals surface area contributed by atoms with Crippen LogP contribution in [0.1, 0.15) is 23.4 Å². The van der Waals surface area contributed by atoms with Gasteiger partial charge in [0.25, 0.3) is 0 Å². The van der Waals surface area contributed by atoms with Crippen molar-refractivity contribution in [3.8, 4) is 11.4 Å². The molecule has 0 unspecified atom stereocenters. The summed E-state index contributed by atoms with van der Waals surface area (Å²) in [5, 5.41) is 16.1. The molecule has 4 rings (SSSR count). The lowest BCUT2D eigenvalue weighted by atomic mass is 10.2. The molecule has 1 heterocycles. The van der Waals surface area contributed by atoms with E-state index in [9.17, 15) is 4.79 Å². The topological polar surface area (TPSA) is 81.1 Å². The number of nitrogens with one attached hydrogen (secondary N) is 2. The van der Waals surface area contributed by atoms with Crippen LogP contribution in [0.3, 0.4) is 0 Å². The maximum Gasteiger partial charge on any atom is 0.221 e. The van der Waals surface area contributed by atoms with Gasteiger partial charge in [0, 0.05) is 35.7 Å². The lowest BCUT2D eigenvalue weighted by Gasteiger charge is -2.12. The number of amides is 1. The number of aryl methyl sites for hydroxylation is 1. The fourth-order valence-corrected chi connectivity index (χ4v) is 4.56. The number of carbonyl (C=O) groups excluding carboxylic acids is 1. The summed E-state index contributed by atoms with van der Waals surface area (Å²) in [6, 6.07) is 25.9. The number of para-hydroxylation sites is 3. The number of methoxy groups -OCH3 is 1. The Bertz CT molecular complexity index is 1260. The molecule has 180 valence electrons. The summed E-state index contributed by atoms with van der Waals surface area (Å²) in [6.07, 6.45) is 0.373. The van der Waals surface area contributed by atoms with Crippen LogP contribution in [0.2, 0.25) is 0 Å². The number of hydrogen-bond acceptors (Lipinski definition) is 6. The van der Waals surface area contributed by atoms with Crippen LogP contribution in [-0.4, -0.2) is 33.5 Å². The van der Waals surface area contributed by atoms with E-state index in [-0.39, 0.29) is 5.91 Å². The van der Waals surface area contributed by atoms with E-state index in [0.29, 0.717) is 25.3 Å². The van der Waals surface area contributed by atoms with E-state index in [1.54, 1.807) is 7.11 Å². The van der Waals surface area contributed by atoms with Gasteiger partial charge in [0.1, 0.15) is 5.75 Å². The van der Waals surface area contributed by atoms with Crippen molar-refractivity contribution in [1.82, 2.24) is 20.1 Å². The second kappa shape index (κ2) is 12.1. The van der Waals surface area contributed by atoms with Crippen molar-refractivity contribution in [3.63, 3.8) is 0 Å². The minimum absolute atomic E-state index is 0.0179. The summed E-state index contributed by atoms with van der Waals surface area (Å²) in [7, 11) is 1.63. The quantitative estimate of drug-likeness (QED) is 0.290. The molecule has 0 aliphatic rings. The van der Waals surface area contributed by atoms with Gasteiger partial charge in [-0.2, -0.15) is 0 Å². The molecular weight excluding hydrogens is 458 g/mol. The number of anilines is 1. The molecule has 35 heavy (non-hydrogen) atoms. The van der Waals surface area contributed by atoms with E-state index in [2.05, 4.69) is 39.9 Å². The van der Waals surface area contributed by atoms with Gasteiger partial charge in [0.05, 0.1) is 13.7 Å². The van der Waals surface area contributed by atoms with E-state index < -0.39 is 0 Å². The molecular formula is C27H29N5O2S. The van der Waals surface area contributed by atoms with Gasteiger partial charge < -0.3 is 15.4 Å². The second-order valence-corrected chi connectivity index (χ2v) is 8.99. The molecule has 0 atom stereocenters. The van der Waals surface area contributed by atoms with Crippen LogP contribution in [0.25, 0.3) is 5.69 Å². The highest BCUT2D eigenvalue weighted by Gasteiger charge is 2.15. The van der Waals surface area contributed by atoms with Gasteiger partial charge in [-0.25, -0.2) is 0 Å². The number of aromatic nitrogens is 3. The molecule has 0 bridgehead atoms. The zero-order valence-electron chi connectivity index (χ0n) is 19.9. The van der Waals surface area contributed by atoms with Crippen LogP contribution in [0, 0.1) is 6.92 Å². The van der Waals surface area contributed by atoms with Crippen LogP contribution in [0.4, 0.5) is 5.69 Å². The highest BCUT2D eigenvalue weighted by molar-refractivity contribution is 7.99. The molecule has 1 amide bonds. The van der Waals surface area contributed by atoms with Gasteiger partial charge in [-0.1, -0.05) is 66.4 Å². The predicted octanol–water partition coefficient (Wildman–Crippen LogP) is 5.00. The predicted molar refractivity (Wildman–Crippen MR) is 140 cm³/mol. The monoisotopic (exact) mass is 487 g/mol. The summed E-state index contributed by atoms with van der Waals surface area (Å²) < 4.78 is 7.39. The van der Waals surface area contributed by atoms with Crippen molar-refractivity contribution < 1.29 is 9.53 Å². The van der Waals surface area contributed by atoms with Gasteiger partial charge in [-0.15, -0.1) is 10.2 Å². The van der Waals surface area contributed by atoms with Gasteiger partial charge in [-0.3, -0.25) is 9.36 Å². The number of ether oxygens (including phenoxy) is 1. The number of benzene rings is 3. The smallest absolute Gasteiger partial charge is 0.221 e. The highest BCUT2D eigenvalue weighted by atomic mass is 32.2. The number of carbonyl (C=O) groups is 1. The maximum atomic E-state index is 12.4. The molecule has 7 nitrogen and oxygen atoms in total. The SMILES string of the molecule is COc1ccccc1CNC(=O)CCSc1nnc(CNc2ccccc2C)n1-c1ccccc1. The average Bonchev–Trinajstić information content (AvgIpc) is 3.30. The first-order valence-corrected chi connectivity index (χ1v) is 12.4. The van der Waals surface area contributed by atoms with Crippen LogP contribution < -0.4 is 15.4 Å². The third kappa shape index (κ3) is 6.42. The van der Waals surface area contributed by atoms with E-state index in [0.717, 1.165) is 33.7 Å². The molecule has 0 spiro atoms. The Labute approximate surface area is 209 Å². The van der Waals surface area contributed by atoms with E-state index in [1.807, 2.05) is 71.3 Å². The minimum Gasteiger partial charge on any atom is -0.496 e. The molecule has 0 fully saturated rings. The number of nitrogens with zero attached hydrogens (tertiary/aromatic N) is 3. The van der Waals surface area contributed by atoms with Gasteiger partial charge in [0.15, 0.2) is 11.0 Å². The molecule has 4 aromatic rings. The lowest BCUT2D eigenvalue weighted by Crippen LogP contribution is -2.23. The lowest BCUT2D eigenvalue weighted by molar-refractivity contribution is -0.120. The highest BCUT2D eigenvalue weighted by Crippen LogP contribution is 2.24. The first-order chi connectivity index (χ1) is 17.2. The molecule has 0 saturated heterocycles. The van der Waals surface area contributed by atoms with Crippen molar-refractivity contribution in [2.24, 2.45) is 0 Å². The van der Waals surface area contributed by atoms with Crippen molar-refractivity contribution in [2.45, 2.75) is 31.6 Å². The molecule has 1 aromatic heterocycles. The Hall–Kier alpha value is -3.78. The Morgan fingerprint density at radius 3 is 2.49 bits per heavy atom. The standard InChI is InChI=1S/C27H29N5O2S/c1-20-10-6-8-14-23(20)28-19-25-30-31-27(32(25)22-12-4-3-5-13-22)35-17-16-26(33)29-18-21-11-7-9-15-24(21)34-2/h3-15,28H,16-19H2,1-2H3,(H,29,33). The molecule has 0 saturated carbocycles. The van der Waals surface area contributed by atoms with Crippen LogP contribution in [0.15, 0.2) is 84.0 Å². The normalized spacial score (nSPS) is 10.7. The molecule has 3 aromatic carbocycles. The maximum absolute atomic E-state index is 12.4. The summed E-state index contributed by atoms with van der Waals surface area (Å²) in [6.45, 7) is 3.04. The van der Waals surface area contributed by atoms with E-state index in [1.165, 1.54) is 17.3 Å². The van der Waals surface area contributed by atoms with E-state index >= 15 is 0 Å². The summed E-state index contributed by atoms with van der Waals surface area (Å²) >= 11 is 1.52. The fraction of sp³-hybridized carbons (Fsp3) is 0.222. The second-order valence-electron chi connectivity index (χ2n) is 7.93. The van der Waals surface area contributed by atoms with Crippen molar-refractivity contribution in [1.29, 1.82) is 0 Å². The first-order valence-electron chi connectivity index (χ1n) is 11.5. The average molecular weight is 488 g/mol. The van der Waals surface area contributed by atoms with Crippen LogP contribution in [0.5, 0.6) is 5.75 Å². The van der Waals surface area contributed by atoms with Crippen molar-refractivity contribution >= 4 is 23.4 Å². The largest absolute Gasteiger partial charge is 0.496 e. The van der Waals surface area contributed by atoms with Crippen LogP contribution in [-0.2, 0) is 17.9 Å². The van der Waals surface area contributed by atoms with Crippen molar-refractivity contribution in [2.75, 3.05) is 18.2 Å². The minimum atomic E-state index is -0.0179. The fourth-order valence-electron chi connectivity index (χ4n) is 3.66. The molecule has 0 aliphatic carbocycles. The number of hydrogen-bond donors (Lipinski definition) is 2. The van der Waals surface area contributed by atoms with Gasteiger partial charge in [0.2, 0.25) is 5.91 Å². The molecule has 0 radical (unpaired) electrons. The third-order valence-corrected chi connectivity index (χ3v) is 6.46. The third-order valence-electron chi connectivity index (χ3n) is 5.53. The molecule has 0 aliphatic heterocycles. The van der Waals surface area contributed by atoms with E-state index in [4.69, 9.17) is 4.74 Å². The Morgan fingerprint density at radius 1 is 0.943 bits per heavy atom. The number of rotatable bonds is 11. The Morgan fingerprint density at radius 2 is 1.69 bits per heavy atom. The zero-order chi connectivity index (χ0) is 24.5. The van der Waals surface area contributed by atoms with Gasteiger partial charge in [-0.05, 0) is 36.8 Å². The zero-order valence-corrected chi connectivity index (χ0v) is 20.7. The summed E-state index contributed by atoms with van der Waals surface area (Å²) in [4.78, 5) is 12.4. The Balaban J connectivity index is 1.39. The molecule has 2 N–H and O–H groups in total.